The summed E-state index contributed by atoms with van der Waals surface area (Å²) in [5.74, 6) is 1.07. The number of anilines is 1. The van der Waals surface area contributed by atoms with E-state index in [0.717, 1.165) is 5.56 Å². The predicted octanol–water partition coefficient (Wildman–Crippen LogP) is 4.43. The van der Waals surface area contributed by atoms with Crippen molar-refractivity contribution in [3.8, 4) is 27.9 Å². The quantitative estimate of drug-likeness (QED) is 0.540. The standard InChI is InChI=1S/C20H16N4O3S/c1-12-16(19-22-17(24-27-19)13-8-4-3-5-9-13)28-20(21-12)23-18(25)14-10-6-7-11-15(14)26-2/h3-11H,1-2H3,(H,21,23,25). The van der Waals surface area contributed by atoms with E-state index in [9.17, 15) is 4.79 Å². The monoisotopic (exact) mass is 392 g/mol. The van der Waals surface area contributed by atoms with Gasteiger partial charge in [-0.15, -0.1) is 0 Å². The van der Waals surface area contributed by atoms with Crippen molar-refractivity contribution in [3.05, 3.63) is 65.9 Å². The molecule has 0 fully saturated rings. The first-order chi connectivity index (χ1) is 13.7. The van der Waals surface area contributed by atoms with Crippen molar-refractivity contribution in [1.82, 2.24) is 15.1 Å². The van der Waals surface area contributed by atoms with Gasteiger partial charge in [0, 0.05) is 5.56 Å². The molecule has 0 bridgehead atoms. The van der Waals surface area contributed by atoms with E-state index in [1.807, 2.05) is 37.3 Å². The molecule has 7 nitrogen and oxygen atoms in total. The van der Waals surface area contributed by atoms with Gasteiger partial charge < -0.3 is 9.26 Å². The molecule has 0 spiro atoms. The van der Waals surface area contributed by atoms with Crippen LogP contribution in [0.2, 0.25) is 0 Å². The van der Waals surface area contributed by atoms with E-state index in [-0.39, 0.29) is 5.91 Å². The molecule has 1 N–H and O–H groups in total. The summed E-state index contributed by atoms with van der Waals surface area (Å²) in [5, 5.41) is 7.28. The Morgan fingerprint density at radius 2 is 1.82 bits per heavy atom. The second-order valence-electron chi connectivity index (χ2n) is 5.88. The van der Waals surface area contributed by atoms with Gasteiger partial charge in [0.1, 0.15) is 10.6 Å². The number of hydrogen-bond donors (Lipinski definition) is 1. The van der Waals surface area contributed by atoms with Gasteiger partial charge in [0.15, 0.2) is 5.13 Å². The van der Waals surface area contributed by atoms with Crippen molar-refractivity contribution < 1.29 is 14.1 Å². The number of nitrogens with zero attached hydrogens (tertiary/aromatic N) is 3. The van der Waals surface area contributed by atoms with Crippen LogP contribution in [0.4, 0.5) is 5.13 Å². The lowest BCUT2D eigenvalue weighted by Gasteiger charge is -2.06. The van der Waals surface area contributed by atoms with E-state index < -0.39 is 0 Å². The molecule has 1 amide bonds. The van der Waals surface area contributed by atoms with Crippen LogP contribution in [0.3, 0.4) is 0 Å². The SMILES string of the molecule is COc1ccccc1C(=O)Nc1nc(C)c(-c2nc(-c3ccccc3)no2)s1. The number of rotatable bonds is 5. The highest BCUT2D eigenvalue weighted by Gasteiger charge is 2.19. The van der Waals surface area contributed by atoms with Crippen LogP contribution in [0.25, 0.3) is 22.2 Å². The third-order valence-electron chi connectivity index (χ3n) is 4.02. The minimum absolute atomic E-state index is 0.298. The maximum atomic E-state index is 12.6. The summed E-state index contributed by atoms with van der Waals surface area (Å²) in [7, 11) is 1.53. The van der Waals surface area contributed by atoms with E-state index >= 15 is 0 Å². The van der Waals surface area contributed by atoms with E-state index in [1.165, 1.54) is 18.4 Å². The van der Waals surface area contributed by atoms with Gasteiger partial charge >= 0.3 is 0 Å². The number of carbonyl (C=O) groups is 1. The topological polar surface area (TPSA) is 90.1 Å². The summed E-state index contributed by atoms with van der Waals surface area (Å²) >= 11 is 1.28. The molecule has 140 valence electrons. The number of carbonyl (C=O) groups excluding carboxylic acids is 1. The molecule has 0 unspecified atom stereocenters. The van der Waals surface area contributed by atoms with Gasteiger partial charge in [0.05, 0.1) is 18.4 Å². The van der Waals surface area contributed by atoms with Crippen molar-refractivity contribution in [3.63, 3.8) is 0 Å². The number of amides is 1. The smallest absolute Gasteiger partial charge is 0.270 e. The summed E-state index contributed by atoms with van der Waals surface area (Å²) < 4.78 is 10.6. The minimum atomic E-state index is -0.298. The van der Waals surface area contributed by atoms with Crippen LogP contribution in [0.15, 0.2) is 59.1 Å². The molecular formula is C20H16N4O3S. The first-order valence-corrected chi connectivity index (χ1v) is 9.28. The first kappa shape index (κ1) is 17.9. The largest absolute Gasteiger partial charge is 0.496 e. The molecule has 28 heavy (non-hydrogen) atoms. The van der Waals surface area contributed by atoms with Crippen LogP contribution >= 0.6 is 11.3 Å². The molecule has 0 aliphatic rings. The lowest BCUT2D eigenvalue weighted by molar-refractivity contribution is 0.102. The van der Waals surface area contributed by atoms with E-state index in [1.54, 1.807) is 24.3 Å². The molecule has 2 heterocycles. The molecule has 0 aliphatic carbocycles. The van der Waals surface area contributed by atoms with Crippen LogP contribution in [-0.2, 0) is 0 Å². The van der Waals surface area contributed by atoms with Gasteiger partial charge in [-0.25, -0.2) is 4.98 Å². The summed E-state index contributed by atoms with van der Waals surface area (Å²) in [4.78, 5) is 22.1. The molecular weight excluding hydrogens is 376 g/mol. The normalized spacial score (nSPS) is 10.6. The molecule has 0 aliphatic heterocycles. The van der Waals surface area contributed by atoms with Crippen molar-refractivity contribution >= 4 is 22.4 Å². The second kappa shape index (κ2) is 7.61. The number of para-hydroxylation sites is 1. The maximum Gasteiger partial charge on any atom is 0.270 e. The number of hydrogen-bond acceptors (Lipinski definition) is 7. The molecule has 4 aromatic rings. The zero-order valence-corrected chi connectivity index (χ0v) is 16.0. The van der Waals surface area contributed by atoms with Gasteiger partial charge in [0.2, 0.25) is 5.82 Å². The summed E-state index contributed by atoms with van der Waals surface area (Å²) in [6, 6.07) is 16.6. The Morgan fingerprint density at radius 1 is 1.07 bits per heavy atom. The Morgan fingerprint density at radius 3 is 2.61 bits per heavy atom. The fraction of sp³-hybridized carbons (Fsp3) is 0.100. The highest BCUT2D eigenvalue weighted by atomic mass is 32.1. The van der Waals surface area contributed by atoms with E-state index in [2.05, 4.69) is 20.4 Å². The Hall–Kier alpha value is -3.52. The lowest BCUT2D eigenvalue weighted by atomic mass is 10.2. The lowest BCUT2D eigenvalue weighted by Crippen LogP contribution is -2.12. The summed E-state index contributed by atoms with van der Waals surface area (Å²) in [6.45, 7) is 1.83. The van der Waals surface area contributed by atoms with Crippen molar-refractivity contribution in [2.45, 2.75) is 6.92 Å². The van der Waals surface area contributed by atoms with Crippen LogP contribution in [0.1, 0.15) is 16.1 Å². The van der Waals surface area contributed by atoms with Crippen molar-refractivity contribution in [2.24, 2.45) is 0 Å². The highest BCUT2D eigenvalue weighted by molar-refractivity contribution is 7.19. The molecule has 0 atom stereocenters. The number of ether oxygens (including phenoxy) is 1. The Labute approximate surface area is 165 Å². The van der Waals surface area contributed by atoms with E-state index in [4.69, 9.17) is 9.26 Å². The van der Waals surface area contributed by atoms with Crippen LogP contribution in [-0.4, -0.2) is 28.1 Å². The molecule has 0 radical (unpaired) electrons. The number of methoxy groups -OCH3 is 1. The Bertz CT molecular complexity index is 1120. The zero-order valence-electron chi connectivity index (χ0n) is 15.2. The fourth-order valence-corrected chi connectivity index (χ4v) is 3.55. The van der Waals surface area contributed by atoms with Crippen molar-refractivity contribution in [2.75, 3.05) is 12.4 Å². The van der Waals surface area contributed by atoms with Gasteiger partial charge in [-0.05, 0) is 19.1 Å². The molecule has 8 heteroatoms. The number of aryl methyl sites for hydroxylation is 1. The highest BCUT2D eigenvalue weighted by Crippen LogP contribution is 2.33. The third kappa shape index (κ3) is 3.49. The summed E-state index contributed by atoms with van der Waals surface area (Å²) in [6.07, 6.45) is 0. The summed E-state index contributed by atoms with van der Waals surface area (Å²) in [5.41, 5.74) is 2.00. The third-order valence-corrected chi connectivity index (χ3v) is 5.08. The molecule has 2 aromatic heterocycles. The first-order valence-electron chi connectivity index (χ1n) is 8.47. The Balaban J connectivity index is 1.58. The van der Waals surface area contributed by atoms with Gasteiger partial charge in [0.25, 0.3) is 11.8 Å². The predicted molar refractivity (Wildman–Crippen MR) is 107 cm³/mol. The molecule has 0 saturated carbocycles. The van der Waals surface area contributed by atoms with Crippen molar-refractivity contribution in [1.29, 1.82) is 0 Å². The number of thiazole rings is 1. The number of benzene rings is 2. The number of aromatic nitrogens is 3. The van der Waals surface area contributed by atoms with Gasteiger partial charge in [-0.3, -0.25) is 10.1 Å². The second-order valence-corrected chi connectivity index (χ2v) is 6.88. The molecule has 4 rings (SSSR count). The minimum Gasteiger partial charge on any atom is -0.496 e. The average Bonchev–Trinajstić information content (AvgIpc) is 3.35. The number of nitrogens with one attached hydrogen (secondary N) is 1. The molecule has 0 saturated heterocycles. The average molecular weight is 392 g/mol. The van der Waals surface area contributed by atoms with Crippen LogP contribution in [0.5, 0.6) is 5.75 Å². The van der Waals surface area contributed by atoms with Crippen LogP contribution in [0, 0.1) is 6.92 Å². The maximum absolute atomic E-state index is 12.6. The zero-order chi connectivity index (χ0) is 19.5. The van der Waals surface area contributed by atoms with Crippen LogP contribution < -0.4 is 10.1 Å². The van der Waals surface area contributed by atoms with E-state index in [0.29, 0.717) is 38.7 Å². The fourth-order valence-electron chi connectivity index (χ4n) is 2.67. The molecule has 2 aromatic carbocycles. The van der Waals surface area contributed by atoms with Gasteiger partial charge in [-0.1, -0.05) is 59.0 Å². The Kier molecular flexibility index (Phi) is 4.86. The van der Waals surface area contributed by atoms with Gasteiger partial charge in [-0.2, -0.15) is 4.98 Å².